The highest BCUT2D eigenvalue weighted by Crippen LogP contribution is 2.22. The zero-order valence-electron chi connectivity index (χ0n) is 11.1. The SMILES string of the molecule is CN(Cc1ccncc1)c1ncnc2nc(N)ccc12. The van der Waals surface area contributed by atoms with Gasteiger partial charge in [-0.3, -0.25) is 4.98 Å². The fourth-order valence-electron chi connectivity index (χ4n) is 2.08. The van der Waals surface area contributed by atoms with Gasteiger partial charge in [0.05, 0.1) is 5.39 Å². The molecule has 0 aliphatic rings. The molecule has 0 unspecified atom stereocenters. The standard InChI is InChI=1S/C14H14N6/c1-20(8-10-4-6-16-7-5-10)14-11-2-3-12(15)19-13(11)17-9-18-14/h2-7,9H,8H2,1H3,(H2,15,17,18,19). The molecule has 100 valence electrons. The number of aromatic nitrogens is 4. The fourth-order valence-corrected chi connectivity index (χ4v) is 2.08. The van der Waals surface area contributed by atoms with Gasteiger partial charge in [0.15, 0.2) is 5.65 Å². The van der Waals surface area contributed by atoms with Crippen molar-refractivity contribution in [1.29, 1.82) is 0 Å². The Kier molecular flexibility index (Phi) is 3.12. The number of fused-ring (bicyclic) bond motifs is 1. The first-order chi connectivity index (χ1) is 9.74. The van der Waals surface area contributed by atoms with Crippen LogP contribution in [0.4, 0.5) is 11.6 Å². The van der Waals surface area contributed by atoms with Gasteiger partial charge in [0.1, 0.15) is 18.0 Å². The Morgan fingerprint density at radius 2 is 1.90 bits per heavy atom. The highest BCUT2D eigenvalue weighted by atomic mass is 15.2. The molecule has 2 N–H and O–H groups in total. The second-order valence-corrected chi connectivity index (χ2v) is 4.52. The number of anilines is 2. The molecule has 0 saturated carbocycles. The summed E-state index contributed by atoms with van der Waals surface area (Å²) in [5, 5.41) is 0.887. The second-order valence-electron chi connectivity index (χ2n) is 4.52. The smallest absolute Gasteiger partial charge is 0.166 e. The maximum Gasteiger partial charge on any atom is 0.166 e. The van der Waals surface area contributed by atoms with Crippen molar-refractivity contribution in [1.82, 2.24) is 19.9 Å². The van der Waals surface area contributed by atoms with Gasteiger partial charge in [0.2, 0.25) is 0 Å². The van der Waals surface area contributed by atoms with Gasteiger partial charge in [-0.15, -0.1) is 0 Å². The average Bonchev–Trinajstić information content (AvgIpc) is 2.47. The van der Waals surface area contributed by atoms with Crippen LogP contribution in [-0.4, -0.2) is 27.0 Å². The summed E-state index contributed by atoms with van der Waals surface area (Å²) < 4.78 is 0. The van der Waals surface area contributed by atoms with Crippen molar-refractivity contribution in [3.05, 3.63) is 48.5 Å². The van der Waals surface area contributed by atoms with Gasteiger partial charge in [-0.05, 0) is 29.8 Å². The van der Waals surface area contributed by atoms with Crippen LogP contribution in [0.2, 0.25) is 0 Å². The summed E-state index contributed by atoms with van der Waals surface area (Å²) in [6.07, 6.45) is 5.07. The van der Waals surface area contributed by atoms with E-state index in [1.165, 1.54) is 6.33 Å². The van der Waals surface area contributed by atoms with Crippen molar-refractivity contribution in [2.75, 3.05) is 17.7 Å². The molecule has 0 bridgehead atoms. The molecule has 3 aromatic rings. The Balaban J connectivity index is 1.97. The quantitative estimate of drug-likeness (QED) is 0.776. The van der Waals surface area contributed by atoms with E-state index in [2.05, 4.69) is 24.8 Å². The minimum absolute atomic E-state index is 0.457. The molecule has 20 heavy (non-hydrogen) atoms. The maximum atomic E-state index is 5.68. The number of nitrogens with zero attached hydrogens (tertiary/aromatic N) is 5. The van der Waals surface area contributed by atoms with E-state index in [9.17, 15) is 0 Å². The first-order valence-electron chi connectivity index (χ1n) is 6.21. The molecule has 0 amide bonds. The molecule has 0 aliphatic carbocycles. The van der Waals surface area contributed by atoms with E-state index in [1.807, 2.05) is 25.2 Å². The predicted octanol–water partition coefficient (Wildman–Crippen LogP) is 1.64. The van der Waals surface area contributed by atoms with Crippen LogP contribution in [0, 0.1) is 0 Å². The monoisotopic (exact) mass is 266 g/mol. The van der Waals surface area contributed by atoms with Gasteiger partial charge >= 0.3 is 0 Å². The lowest BCUT2D eigenvalue weighted by Crippen LogP contribution is -2.18. The van der Waals surface area contributed by atoms with Crippen LogP contribution in [0.25, 0.3) is 11.0 Å². The molecule has 0 saturated heterocycles. The molecule has 0 spiro atoms. The van der Waals surface area contributed by atoms with Crippen molar-refractivity contribution in [3.63, 3.8) is 0 Å². The van der Waals surface area contributed by atoms with E-state index in [0.29, 0.717) is 11.5 Å². The number of hydrogen-bond donors (Lipinski definition) is 1. The highest BCUT2D eigenvalue weighted by molar-refractivity contribution is 5.87. The van der Waals surface area contributed by atoms with E-state index < -0.39 is 0 Å². The van der Waals surface area contributed by atoms with Gasteiger partial charge in [0, 0.05) is 26.0 Å². The first kappa shape index (κ1) is 12.3. The minimum Gasteiger partial charge on any atom is -0.384 e. The lowest BCUT2D eigenvalue weighted by atomic mass is 10.2. The fraction of sp³-hybridized carbons (Fsp3) is 0.143. The van der Waals surface area contributed by atoms with Crippen molar-refractivity contribution in [3.8, 4) is 0 Å². The van der Waals surface area contributed by atoms with Crippen LogP contribution in [0.5, 0.6) is 0 Å². The third-order valence-electron chi connectivity index (χ3n) is 3.03. The first-order valence-corrected chi connectivity index (χ1v) is 6.21. The van der Waals surface area contributed by atoms with Crippen molar-refractivity contribution in [2.24, 2.45) is 0 Å². The van der Waals surface area contributed by atoms with Crippen molar-refractivity contribution >= 4 is 22.7 Å². The molecule has 0 radical (unpaired) electrons. The average molecular weight is 266 g/mol. The third-order valence-corrected chi connectivity index (χ3v) is 3.03. The Morgan fingerprint density at radius 3 is 2.70 bits per heavy atom. The van der Waals surface area contributed by atoms with Crippen LogP contribution in [-0.2, 0) is 6.54 Å². The topological polar surface area (TPSA) is 80.8 Å². The lowest BCUT2D eigenvalue weighted by Gasteiger charge is -2.19. The van der Waals surface area contributed by atoms with E-state index in [4.69, 9.17) is 5.73 Å². The molecule has 3 heterocycles. The Morgan fingerprint density at radius 1 is 1.10 bits per heavy atom. The summed E-state index contributed by atoms with van der Waals surface area (Å²) >= 11 is 0. The zero-order valence-corrected chi connectivity index (χ0v) is 11.1. The summed E-state index contributed by atoms with van der Waals surface area (Å²) in [7, 11) is 1.98. The molecule has 0 aliphatic heterocycles. The molecule has 3 rings (SSSR count). The molecule has 3 aromatic heterocycles. The number of rotatable bonds is 3. The molecule has 0 fully saturated rings. The number of nitrogen functional groups attached to an aromatic ring is 1. The van der Waals surface area contributed by atoms with E-state index in [1.54, 1.807) is 18.5 Å². The zero-order chi connectivity index (χ0) is 13.9. The molecule has 6 heteroatoms. The highest BCUT2D eigenvalue weighted by Gasteiger charge is 2.10. The number of hydrogen-bond acceptors (Lipinski definition) is 6. The van der Waals surface area contributed by atoms with Crippen LogP contribution in [0.15, 0.2) is 43.0 Å². The van der Waals surface area contributed by atoms with Gasteiger partial charge in [-0.25, -0.2) is 15.0 Å². The summed E-state index contributed by atoms with van der Waals surface area (Å²) in [6.45, 7) is 0.735. The normalized spacial score (nSPS) is 10.7. The summed E-state index contributed by atoms with van der Waals surface area (Å²) in [6, 6.07) is 7.62. The van der Waals surface area contributed by atoms with Crippen molar-refractivity contribution < 1.29 is 0 Å². The number of nitrogens with two attached hydrogens (primary N) is 1. The number of pyridine rings is 2. The Hall–Kier alpha value is -2.76. The largest absolute Gasteiger partial charge is 0.384 e. The van der Waals surface area contributed by atoms with E-state index >= 15 is 0 Å². The summed E-state index contributed by atoms with van der Waals surface area (Å²) in [5.74, 6) is 1.29. The van der Waals surface area contributed by atoms with Gasteiger partial charge in [0.25, 0.3) is 0 Å². The third kappa shape index (κ3) is 2.35. The van der Waals surface area contributed by atoms with Gasteiger partial charge < -0.3 is 10.6 Å². The van der Waals surface area contributed by atoms with E-state index in [0.717, 1.165) is 23.3 Å². The molecule has 0 aromatic carbocycles. The Labute approximate surface area is 116 Å². The minimum atomic E-state index is 0.457. The molecular weight excluding hydrogens is 252 g/mol. The van der Waals surface area contributed by atoms with Crippen LogP contribution in [0.3, 0.4) is 0 Å². The van der Waals surface area contributed by atoms with Crippen LogP contribution < -0.4 is 10.6 Å². The van der Waals surface area contributed by atoms with E-state index in [-0.39, 0.29) is 0 Å². The van der Waals surface area contributed by atoms with Gasteiger partial charge in [-0.2, -0.15) is 0 Å². The molecular formula is C14H14N6. The lowest BCUT2D eigenvalue weighted by molar-refractivity contribution is 0.896. The molecule has 6 nitrogen and oxygen atoms in total. The second kappa shape index (κ2) is 5.08. The Bertz CT molecular complexity index is 728. The van der Waals surface area contributed by atoms with Crippen molar-refractivity contribution in [2.45, 2.75) is 6.54 Å². The van der Waals surface area contributed by atoms with Crippen LogP contribution in [0.1, 0.15) is 5.56 Å². The van der Waals surface area contributed by atoms with Gasteiger partial charge in [-0.1, -0.05) is 0 Å². The van der Waals surface area contributed by atoms with Crippen LogP contribution >= 0.6 is 0 Å². The maximum absolute atomic E-state index is 5.68. The predicted molar refractivity (Wildman–Crippen MR) is 78.1 cm³/mol. The summed E-state index contributed by atoms with van der Waals surface area (Å²) in [4.78, 5) is 18.8. The summed E-state index contributed by atoms with van der Waals surface area (Å²) in [5.41, 5.74) is 7.45. The molecule has 0 atom stereocenters.